The van der Waals surface area contributed by atoms with Crippen molar-refractivity contribution in [3.63, 3.8) is 0 Å². The van der Waals surface area contributed by atoms with Crippen LogP contribution < -0.4 is 5.32 Å². The first-order chi connectivity index (χ1) is 9.42. The first kappa shape index (κ1) is 15.3. The molecule has 106 valence electrons. The van der Waals surface area contributed by atoms with E-state index in [1.165, 1.54) is 12.1 Å². The number of benzene rings is 2. The number of anilines is 1. The van der Waals surface area contributed by atoms with Gasteiger partial charge in [0.1, 0.15) is 0 Å². The number of hydrogen-bond donors (Lipinski definition) is 1. The molecule has 6 heteroatoms. The van der Waals surface area contributed by atoms with Crippen LogP contribution in [-0.2, 0) is 6.54 Å². The standard InChI is InChI=1S/C14H11BrF3NS/c15-11-3-1-2-10(8-11)9-19-12-4-6-13(7-5-12)20-14(16,17)18/h1-8,19H,9H2. The third kappa shape index (κ3) is 5.09. The van der Waals surface area contributed by atoms with Crippen LogP contribution in [0.15, 0.2) is 57.9 Å². The molecule has 0 radical (unpaired) electrons. The lowest BCUT2D eigenvalue weighted by Gasteiger charge is -2.09. The van der Waals surface area contributed by atoms with Crippen LogP contribution in [0.5, 0.6) is 0 Å². The van der Waals surface area contributed by atoms with Gasteiger partial charge in [0.25, 0.3) is 0 Å². The SMILES string of the molecule is FC(F)(F)Sc1ccc(NCc2cccc(Br)c2)cc1. The Balaban J connectivity index is 1.94. The molecule has 0 saturated carbocycles. The molecule has 0 aliphatic carbocycles. The lowest BCUT2D eigenvalue weighted by molar-refractivity contribution is -0.0328. The van der Waals surface area contributed by atoms with E-state index in [2.05, 4.69) is 21.2 Å². The molecule has 0 aliphatic rings. The van der Waals surface area contributed by atoms with E-state index in [9.17, 15) is 13.2 Å². The summed E-state index contributed by atoms with van der Waals surface area (Å²) in [7, 11) is 0. The van der Waals surface area contributed by atoms with Gasteiger partial charge in [0, 0.05) is 21.6 Å². The molecule has 0 unspecified atom stereocenters. The highest BCUT2D eigenvalue weighted by Gasteiger charge is 2.28. The summed E-state index contributed by atoms with van der Waals surface area (Å²) in [5, 5.41) is 3.17. The van der Waals surface area contributed by atoms with Crippen LogP contribution in [0.2, 0.25) is 0 Å². The van der Waals surface area contributed by atoms with Crippen LogP contribution in [-0.4, -0.2) is 5.51 Å². The first-order valence-electron chi connectivity index (χ1n) is 5.76. The van der Waals surface area contributed by atoms with E-state index in [1.54, 1.807) is 12.1 Å². The minimum Gasteiger partial charge on any atom is -0.381 e. The van der Waals surface area contributed by atoms with Crippen molar-refractivity contribution in [3.8, 4) is 0 Å². The van der Waals surface area contributed by atoms with Gasteiger partial charge >= 0.3 is 5.51 Å². The number of rotatable bonds is 4. The van der Waals surface area contributed by atoms with Gasteiger partial charge in [-0.1, -0.05) is 28.1 Å². The largest absolute Gasteiger partial charge is 0.446 e. The Bertz CT molecular complexity index is 569. The zero-order valence-electron chi connectivity index (χ0n) is 10.2. The lowest BCUT2D eigenvalue weighted by atomic mass is 10.2. The normalized spacial score (nSPS) is 11.4. The Labute approximate surface area is 127 Å². The molecule has 0 aliphatic heterocycles. The molecule has 0 amide bonds. The van der Waals surface area contributed by atoms with Gasteiger partial charge in [-0.3, -0.25) is 0 Å². The van der Waals surface area contributed by atoms with Crippen LogP contribution >= 0.6 is 27.7 Å². The Kier molecular flexibility index (Phi) is 4.99. The van der Waals surface area contributed by atoms with Crippen molar-refractivity contribution in [1.82, 2.24) is 0 Å². The number of nitrogens with one attached hydrogen (secondary N) is 1. The first-order valence-corrected chi connectivity index (χ1v) is 7.37. The highest BCUT2D eigenvalue weighted by molar-refractivity contribution is 9.10. The average Bonchev–Trinajstić information content (AvgIpc) is 2.36. The molecule has 2 aromatic carbocycles. The fourth-order valence-electron chi connectivity index (χ4n) is 1.63. The summed E-state index contributed by atoms with van der Waals surface area (Å²) < 4.78 is 37.6. The van der Waals surface area contributed by atoms with Gasteiger partial charge in [-0.05, 0) is 53.7 Å². The van der Waals surface area contributed by atoms with Gasteiger partial charge in [0.05, 0.1) is 0 Å². The summed E-state index contributed by atoms with van der Waals surface area (Å²) in [6, 6.07) is 14.0. The summed E-state index contributed by atoms with van der Waals surface area (Å²) in [5.41, 5.74) is -2.37. The number of halogens is 4. The zero-order valence-corrected chi connectivity index (χ0v) is 12.6. The minimum absolute atomic E-state index is 0.108. The topological polar surface area (TPSA) is 12.0 Å². The summed E-state index contributed by atoms with van der Waals surface area (Å²) in [6.07, 6.45) is 0. The quantitative estimate of drug-likeness (QED) is 0.703. The summed E-state index contributed by atoms with van der Waals surface area (Å²) in [4.78, 5) is 0.186. The molecular weight excluding hydrogens is 351 g/mol. The average molecular weight is 362 g/mol. The third-order valence-corrected chi connectivity index (χ3v) is 3.71. The van der Waals surface area contributed by atoms with Crippen molar-refractivity contribution in [2.45, 2.75) is 16.9 Å². The van der Waals surface area contributed by atoms with Crippen molar-refractivity contribution < 1.29 is 13.2 Å². The van der Waals surface area contributed by atoms with E-state index < -0.39 is 5.51 Å². The molecule has 0 spiro atoms. The second kappa shape index (κ2) is 6.54. The van der Waals surface area contributed by atoms with Crippen LogP contribution in [0.3, 0.4) is 0 Å². The summed E-state index contributed by atoms with van der Waals surface area (Å²) in [6.45, 7) is 0.616. The van der Waals surface area contributed by atoms with Crippen molar-refractivity contribution in [1.29, 1.82) is 0 Å². The summed E-state index contributed by atoms with van der Waals surface area (Å²) in [5.74, 6) is 0. The number of thioether (sulfide) groups is 1. The molecule has 1 N–H and O–H groups in total. The Hall–Kier alpha value is -1.14. The van der Waals surface area contributed by atoms with Crippen molar-refractivity contribution in [2.24, 2.45) is 0 Å². The maximum atomic E-state index is 12.2. The molecule has 0 heterocycles. The van der Waals surface area contributed by atoms with E-state index >= 15 is 0 Å². The van der Waals surface area contributed by atoms with Crippen molar-refractivity contribution >= 4 is 33.4 Å². The van der Waals surface area contributed by atoms with E-state index in [0.29, 0.717) is 6.54 Å². The van der Waals surface area contributed by atoms with Gasteiger partial charge in [-0.25, -0.2) is 0 Å². The highest BCUT2D eigenvalue weighted by atomic mass is 79.9. The smallest absolute Gasteiger partial charge is 0.381 e. The number of hydrogen-bond acceptors (Lipinski definition) is 2. The second-order valence-electron chi connectivity index (χ2n) is 4.06. The lowest BCUT2D eigenvalue weighted by Crippen LogP contribution is -2.00. The van der Waals surface area contributed by atoms with E-state index in [0.717, 1.165) is 15.7 Å². The highest BCUT2D eigenvalue weighted by Crippen LogP contribution is 2.37. The zero-order chi connectivity index (χ0) is 14.6. The molecule has 0 fully saturated rings. The summed E-state index contributed by atoms with van der Waals surface area (Å²) >= 11 is 3.28. The van der Waals surface area contributed by atoms with Gasteiger partial charge in [0.15, 0.2) is 0 Å². The van der Waals surface area contributed by atoms with Gasteiger partial charge in [-0.2, -0.15) is 13.2 Å². The molecule has 0 atom stereocenters. The molecule has 1 nitrogen and oxygen atoms in total. The Morgan fingerprint density at radius 1 is 1.05 bits per heavy atom. The third-order valence-electron chi connectivity index (χ3n) is 2.47. The maximum Gasteiger partial charge on any atom is 0.446 e. The van der Waals surface area contributed by atoms with Crippen LogP contribution in [0.25, 0.3) is 0 Å². The fraction of sp³-hybridized carbons (Fsp3) is 0.143. The molecule has 2 aromatic rings. The second-order valence-corrected chi connectivity index (χ2v) is 6.11. The molecular formula is C14H11BrF3NS. The molecule has 0 saturated heterocycles. The monoisotopic (exact) mass is 361 g/mol. The van der Waals surface area contributed by atoms with Crippen molar-refractivity contribution in [2.75, 3.05) is 5.32 Å². The molecule has 0 aromatic heterocycles. The molecule has 20 heavy (non-hydrogen) atoms. The van der Waals surface area contributed by atoms with E-state index in [1.807, 2.05) is 24.3 Å². The Morgan fingerprint density at radius 3 is 2.35 bits per heavy atom. The van der Waals surface area contributed by atoms with Crippen LogP contribution in [0.4, 0.5) is 18.9 Å². The fourth-order valence-corrected chi connectivity index (χ4v) is 2.61. The molecule has 2 rings (SSSR count). The minimum atomic E-state index is -4.24. The number of alkyl halides is 3. The van der Waals surface area contributed by atoms with Gasteiger partial charge < -0.3 is 5.32 Å². The predicted octanol–water partition coefficient (Wildman–Crippen LogP) is 5.67. The predicted molar refractivity (Wildman–Crippen MR) is 79.8 cm³/mol. The van der Waals surface area contributed by atoms with E-state index in [4.69, 9.17) is 0 Å². The van der Waals surface area contributed by atoms with E-state index in [-0.39, 0.29) is 16.7 Å². The van der Waals surface area contributed by atoms with Crippen molar-refractivity contribution in [3.05, 3.63) is 58.6 Å². The molecule has 0 bridgehead atoms. The van der Waals surface area contributed by atoms with Crippen LogP contribution in [0.1, 0.15) is 5.56 Å². The van der Waals surface area contributed by atoms with Gasteiger partial charge in [-0.15, -0.1) is 0 Å². The maximum absolute atomic E-state index is 12.2. The van der Waals surface area contributed by atoms with Gasteiger partial charge in [0.2, 0.25) is 0 Å². The Morgan fingerprint density at radius 2 is 1.75 bits per heavy atom. The van der Waals surface area contributed by atoms with Crippen LogP contribution in [0, 0.1) is 0 Å².